The summed E-state index contributed by atoms with van der Waals surface area (Å²) in [4.78, 5) is 13.3. The van der Waals surface area contributed by atoms with Crippen LogP contribution in [0.15, 0.2) is 52.3 Å². The molecule has 1 heterocycles. The first-order chi connectivity index (χ1) is 14.3. The van der Waals surface area contributed by atoms with Crippen molar-refractivity contribution >= 4 is 39.5 Å². The minimum Gasteiger partial charge on any atom is -0.348 e. The summed E-state index contributed by atoms with van der Waals surface area (Å²) in [6, 6.07) is 7.97. The highest BCUT2D eigenvalue weighted by atomic mass is 32.2. The molecule has 0 aliphatic carbocycles. The number of sulfonamides is 1. The zero-order valence-electron chi connectivity index (χ0n) is 16.2. The lowest BCUT2D eigenvalue weighted by molar-refractivity contribution is -0.123. The van der Waals surface area contributed by atoms with Gasteiger partial charge in [0.15, 0.2) is 0 Å². The molecule has 0 bridgehead atoms. The fraction of sp³-hybridized carbons (Fsp3) is 0.350. The van der Waals surface area contributed by atoms with Crippen LogP contribution in [0.25, 0.3) is 0 Å². The van der Waals surface area contributed by atoms with Crippen molar-refractivity contribution in [2.45, 2.75) is 34.7 Å². The first kappa shape index (κ1) is 23.1. The molecule has 2 aromatic carbocycles. The molecule has 3 rings (SSSR count). The maximum atomic E-state index is 14.0. The topological polar surface area (TPSA) is 75.3 Å². The van der Waals surface area contributed by atoms with Gasteiger partial charge in [0, 0.05) is 10.6 Å². The van der Waals surface area contributed by atoms with E-state index in [0.29, 0.717) is 17.7 Å². The Hall–Kier alpha value is -1.62. The minimum atomic E-state index is -4.23. The van der Waals surface area contributed by atoms with Crippen molar-refractivity contribution in [3.63, 3.8) is 0 Å². The number of carbonyl (C=O) groups is 1. The maximum Gasteiger partial charge on any atom is 0.244 e. The predicted octanol–water partition coefficient (Wildman–Crippen LogP) is 3.72. The first-order valence-electron chi connectivity index (χ1n) is 9.30. The highest BCUT2D eigenvalue weighted by Crippen LogP contribution is 2.36. The molecule has 30 heavy (non-hydrogen) atoms. The van der Waals surface area contributed by atoms with Gasteiger partial charge in [-0.1, -0.05) is 12.1 Å². The Morgan fingerprint density at radius 1 is 1.27 bits per heavy atom. The van der Waals surface area contributed by atoms with Crippen LogP contribution in [0, 0.1) is 11.6 Å². The standard InChI is InChI=1S/C20H22F2N2O3S3/c1-28-10-8-17(24-30(26,27)19-5-3-2-4-15(19)22)20(25)23-16-9-11-29-18-7-6-13(21)12-14(16)18/h2-7,12,16-17,24H,8-11H2,1H3,(H,23,25). The Kier molecular flexibility index (Phi) is 7.78. The Bertz CT molecular complexity index is 1020. The second kappa shape index (κ2) is 10.1. The van der Waals surface area contributed by atoms with Gasteiger partial charge < -0.3 is 5.32 Å². The summed E-state index contributed by atoms with van der Waals surface area (Å²) in [6.07, 6.45) is 2.68. The summed E-state index contributed by atoms with van der Waals surface area (Å²) >= 11 is 3.05. The molecular formula is C20H22F2N2O3S3. The summed E-state index contributed by atoms with van der Waals surface area (Å²) in [7, 11) is -4.23. The zero-order valence-corrected chi connectivity index (χ0v) is 18.7. The number of benzene rings is 2. The van der Waals surface area contributed by atoms with Crippen molar-refractivity contribution in [3.8, 4) is 0 Å². The van der Waals surface area contributed by atoms with E-state index in [4.69, 9.17) is 0 Å². The lowest BCUT2D eigenvalue weighted by atomic mass is 10.0. The summed E-state index contributed by atoms with van der Waals surface area (Å²) in [6.45, 7) is 0. The van der Waals surface area contributed by atoms with E-state index in [1.807, 2.05) is 6.26 Å². The summed E-state index contributed by atoms with van der Waals surface area (Å²) < 4.78 is 55.4. The van der Waals surface area contributed by atoms with Crippen LogP contribution in [0.1, 0.15) is 24.4 Å². The van der Waals surface area contributed by atoms with E-state index in [9.17, 15) is 22.0 Å². The van der Waals surface area contributed by atoms with Gasteiger partial charge in [0.2, 0.25) is 15.9 Å². The third-order valence-electron chi connectivity index (χ3n) is 4.68. The van der Waals surface area contributed by atoms with Crippen LogP contribution in [0.2, 0.25) is 0 Å². The second-order valence-electron chi connectivity index (χ2n) is 6.77. The molecule has 162 valence electrons. The highest BCUT2D eigenvalue weighted by Gasteiger charge is 2.30. The number of rotatable bonds is 8. The normalized spacial score (nSPS) is 17.2. The Morgan fingerprint density at radius 2 is 2.03 bits per heavy atom. The van der Waals surface area contributed by atoms with E-state index in [0.717, 1.165) is 22.8 Å². The lowest BCUT2D eigenvalue weighted by Crippen LogP contribution is -2.48. The van der Waals surface area contributed by atoms with Crippen LogP contribution < -0.4 is 10.0 Å². The number of carbonyl (C=O) groups excluding carboxylic acids is 1. The number of hydrogen-bond donors (Lipinski definition) is 2. The van der Waals surface area contributed by atoms with Crippen LogP contribution in [0.4, 0.5) is 8.78 Å². The van der Waals surface area contributed by atoms with E-state index < -0.39 is 44.5 Å². The molecule has 5 nitrogen and oxygen atoms in total. The van der Waals surface area contributed by atoms with E-state index in [1.54, 1.807) is 17.8 Å². The molecule has 0 spiro atoms. The average molecular weight is 473 g/mol. The summed E-state index contributed by atoms with van der Waals surface area (Å²) in [5, 5.41) is 2.85. The number of amides is 1. The smallest absolute Gasteiger partial charge is 0.244 e. The van der Waals surface area contributed by atoms with E-state index in [1.165, 1.54) is 36.0 Å². The van der Waals surface area contributed by atoms with Crippen molar-refractivity contribution in [1.29, 1.82) is 0 Å². The summed E-state index contributed by atoms with van der Waals surface area (Å²) in [5.74, 6) is -0.516. The minimum absolute atomic E-state index is 0.234. The lowest BCUT2D eigenvalue weighted by Gasteiger charge is -2.28. The van der Waals surface area contributed by atoms with Gasteiger partial charge in [-0.3, -0.25) is 4.79 Å². The van der Waals surface area contributed by atoms with Crippen LogP contribution >= 0.6 is 23.5 Å². The predicted molar refractivity (Wildman–Crippen MR) is 116 cm³/mol. The Balaban J connectivity index is 1.80. The van der Waals surface area contributed by atoms with Gasteiger partial charge in [-0.15, -0.1) is 11.8 Å². The van der Waals surface area contributed by atoms with Crippen molar-refractivity contribution < 1.29 is 22.0 Å². The van der Waals surface area contributed by atoms with Gasteiger partial charge in [-0.2, -0.15) is 16.5 Å². The zero-order chi connectivity index (χ0) is 21.7. The number of hydrogen-bond acceptors (Lipinski definition) is 5. The van der Waals surface area contributed by atoms with Gasteiger partial charge in [-0.05, 0) is 60.7 Å². The average Bonchev–Trinajstić information content (AvgIpc) is 2.71. The SMILES string of the molecule is CSCCC(NS(=O)(=O)c1ccccc1F)C(=O)NC1CCSc2ccc(F)cc21. The molecule has 2 N–H and O–H groups in total. The molecule has 0 saturated carbocycles. The Morgan fingerprint density at radius 3 is 2.77 bits per heavy atom. The van der Waals surface area contributed by atoms with E-state index in [2.05, 4.69) is 10.0 Å². The Labute approximate surface area is 183 Å². The van der Waals surface area contributed by atoms with Gasteiger partial charge in [0.1, 0.15) is 22.6 Å². The molecule has 1 aliphatic heterocycles. The fourth-order valence-electron chi connectivity index (χ4n) is 3.18. The van der Waals surface area contributed by atoms with E-state index in [-0.39, 0.29) is 6.42 Å². The van der Waals surface area contributed by atoms with E-state index >= 15 is 0 Å². The monoisotopic (exact) mass is 472 g/mol. The van der Waals surface area contributed by atoms with Crippen LogP contribution in [0.5, 0.6) is 0 Å². The van der Waals surface area contributed by atoms with Crippen molar-refractivity contribution in [3.05, 3.63) is 59.7 Å². The van der Waals surface area contributed by atoms with Gasteiger partial charge >= 0.3 is 0 Å². The second-order valence-corrected chi connectivity index (χ2v) is 10.6. The molecule has 2 atom stereocenters. The quantitative estimate of drug-likeness (QED) is 0.613. The van der Waals surface area contributed by atoms with Crippen LogP contribution in [0.3, 0.4) is 0 Å². The number of fused-ring (bicyclic) bond motifs is 1. The number of thioether (sulfide) groups is 2. The van der Waals surface area contributed by atoms with Crippen LogP contribution in [-0.4, -0.2) is 38.1 Å². The molecular weight excluding hydrogens is 450 g/mol. The summed E-state index contributed by atoms with van der Waals surface area (Å²) in [5.41, 5.74) is 0.681. The third-order valence-corrected chi connectivity index (χ3v) is 7.95. The number of nitrogens with one attached hydrogen (secondary N) is 2. The molecule has 0 fully saturated rings. The highest BCUT2D eigenvalue weighted by molar-refractivity contribution is 7.99. The molecule has 0 saturated heterocycles. The largest absolute Gasteiger partial charge is 0.348 e. The van der Waals surface area contributed by atoms with Crippen LogP contribution in [-0.2, 0) is 14.8 Å². The molecule has 1 amide bonds. The molecule has 2 unspecified atom stereocenters. The van der Waals surface area contributed by atoms with Crippen molar-refractivity contribution in [1.82, 2.24) is 10.0 Å². The van der Waals surface area contributed by atoms with Gasteiger partial charge in [0.05, 0.1) is 6.04 Å². The molecule has 2 aromatic rings. The first-order valence-corrected chi connectivity index (χ1v) is 13.2. The molecule has 10 heteroatoms. The maximum absolute atomic E-state index is 14.0. The molecule has 0 aromatic heterocycles. The van der Waals surface area contributed by atoms with Gasteiger partial charge in [-0.25, -0.2) is 17.2 Å². The fourth-order valence-corrected chi connectivity index (χ4v) is 6.07. The van der Waals surface area contributed by atoms with Crippen molar-refractivity contribution in [2.24, 2.45) is 0 Å². The third kappa shape index (κ3) is 5.54. The molecule has 0 radical (unpaired) electrons. The molecule has 1 aliphatic rings. The number of halogens is 2. The van der Waals surface area contributed by atoms with Gasteiger partial charge in [0.25, 0.3) is 0 Å². The van der Waals surface area contributed by atoms with Crippen molar-refractivity contribution in [2.75, 3.05) is 17.8 Å².